The monoisotopic (exact) mass is 353 g/mol. The van der Waals surface area contributed by atoms with Gasteiger partial charge in [-0.05, 0) is 38.8 Å². The number of urea groups is 1. The quantitative estimate of drug-likeness (QED) is 0.773. The van der Waals surface area contributed by atoms with Crippen LogP contribution in [0.25, 0.3) is 0 Å². The van der Waals surface area contributed by atoms with Gasteiger partial charge < -0.3 is 14.8 Å². The molecule has 2 aromatic heterocycles. The number of carbonyl (C=O) groups excluding carboxylic acids is 1. The summed E-state index contributed by atoms with van der Waals surface area (Å²) >= 11 is 0. The Balaban J connectivity index is 2.17. The first kappa shape index (κ1) is 18.0. The minimum Gasteiger partial charge on any atom is -0.451 e. The SMILES string of the molecule is Cc1cncc(C)c1NC(=O)NS(=O)(=O)c1cc(C(C)(C)O)co1. The van der Waals surface area contributed by atoms with E-state index in [-0.39, 0.29) is 5.56 Å². The largest absolute Gasteiger partial charge is 0.451 e. The number of aliphatic hydroxyl groups is 1. The lowest BCUT2D eigenvalue weighted by molar-refractivity contribution is 0.0779. The van der Waals surface area contributed by atoms with E-state index in [9.17, 15) is 18.3 Å². The molecule has 0 aliphatic heterocycles. The van der Waals surface area contributed by atoms with Gasteiger partial charge in [0.15, 0.2) is 0 Å². The zero-order chi connectivity index (χ0) is 18.1. The second kappa shape index (κ2) is 6.25. The van der Waals surface area contributed by atoms with E-state index in [1.807, 2.05) is 4.72 Å². The van der Waals surface area contributed by atoms with Crippen LogP contribution in [-0.2, 0) is 15.6 Å². The zero-order valence-electron chi connectivity index (χ0n) is 13.7. The molecule has 0 aromatic carbocycles. The van der Waals surface area contributed by atoms with Gasteiger partial charge in [0.25, 0.3) is 10.0 Å². The molecule has 2 aromatic rings. The summed E-state index contributed by atoms with van der Waals surface area (Å²) in [6.45, 7) is 6.46. The Morgan fingerprint density at radius 2 is 1.83 bits per heavy atom. The number of hydrogen-bond donors (Lipinski definition) is 3. The minimum absolute atomic E-state index is 0.282. The number of nitrogens with one attached hydrogen (secondary N) is 2. The molecule has 0 radical (unpaired) electrons. The molecular formula is C15H19N3O5S. The van der Waals surface area contributed by atoms with Gasteiger partial charge in [-0.1, -0.05) is 0 Å². The number of carbonyl (C=O) groups is 1. The zero-order valence-corrected chi connectivity index (χ0v) is 14.6. The van der Waals surface area contributed by atoms with Gasteiger partial charge in [0.2, 0.25) is 5.09 Å². The number of sulfonamides is 1. The van der Waals surface area contributed by atoms with Crippen molar-refractivity contribution in [1.29, 1.82) is 0 Å². The summed E-state index contributed by atoms with van der Waals surface area (Å²) in [5.41, 5.74) is 0.901. The van der Waals surface area contributed by atoms with E-state index in [4.69, 9.17) is 4.42 Å². The molecule has 0 aliphatic carbocycles. The molecular weight excluding hydrogens is 334 g/mol. The molecule has 0 unspecified atom stereocenters. The lowest BCUT2D eigenvalue weighted by Gasteiger charge is -2.13. The molecule has 130 valence electrons. The maximum absolute atomic E-state index is 12.2. The van der Waals surface area contributed by atoms with E-state index in [1.54, 1.807) is 26.2 Å². The first-order chi connectivity index (χ1) is 11.0. The van der Waals surface area contributed by atoms with Crippen molar-refractivity contribution >= 4 is 21.7 Å². The summed E-state index contributed by atoms with van der Waals surface area (Å²) in [5, 5.41) is 11.9. The van der Waals surface area contributed by atoms with Gasteiger partial charge in [0, 0.05) is 24.0 Å². The van der Waals surface area contributed by atoms with Gasteiger partial charge in [-0.25, -0.2) is 9.52 Å². The van der Waals surface area contributed by atoms with Crippen molar-refractivity contribution in [3.05, 3.63) is 41.4 Å². The molecule has 24 heavy (non-hydrogen) atoms. The average molecular weight is 353 g/mol. The van der Waals surface area contributed by atoms with Gasteiger partial charge in [-0.2, -0.15) is 8.42 Å². The van der Waals surface area contributed by atoms with E-state index in [2.05, 4.69) is 10.3 Å². The molecule has 2 rings (SSSR count). The summed E-state index contributed by atoms with van der Waals surface area (Å²) in [6, 6.07) is 0.243. The molecule has 9 heteroatoms. The Labute approximate surface area is 140 Å². The van der Waals surface area contributed by atoms with E-state index < -0.39 is 26.7 Å². The van der Waals surface area contributed by atoms with Crippen LogP contribution in [0.4, 0.5) is 10.5 Å². The highest BCUT2D eigenvalue weighted by atomic mass is 32.2. The molecule has 3 N–H and O–H groups in total. The summed E-state index contributed by atoms with van der Waals surface area (Å²) in [5.74, 6) is 0. The second-order valence-corrected chi connectivity index (χ2v) is 7.53. The topological polar surface area (TPSA) is 122 Å². The number of rotatable bonds is 4. The molecule has 2 amide bonds. The number of aromatic nitrogens is 1. The highest BCUT2D eigenvalue weighted by Gasteiger charge is 2.26. The van der Waals surface area contributed by atoms with E-state index >= 15 is 0 Å². The van der Waals surface area contributed by atoms with Crippen molar-refractivity contribution in [3.63, 3.8) is 0 Å². The van der Waals surface area contributed by atoms with Crippen molar-refractivity contribution in [2.75, 3.05) is 5.32 Å². The van der Waals surface area contributed by atoms with Crippen LogP contribution in [0.2, 0.25) is 0 Å². The number of furan rings is 1. The second-order valence-electron chi connectivity index (χ2n) is 5.92. The maximum Gasteiger partial charge on any atom is 0.333 e. The Bertz CT molecular complexity index is 845. The Morgan fingerprint density at radius 3 is 2.33 bits per heavy atom. The standard InChI is InChI=1S/C15H19N3O5S/c1-9-6-16-7-10(2)13(9)17-14(19)18-24(21,22)12-5-11(8-23-12)15(3,4)20/h5-8,20H,1-4H3,(H2,16,17,18,19). The van der Waals surface area contributed by atoms with Crippen LogP contribution in [0.3, 0.4) is 0 Å². The molecule has 0 fully saturated rings. The molecule has 2 heterocycles. The lowest BCUT2D eigenvalue weighted by Crippen LogP contribution is -2.34. The van der Waals surface area contributed by atoms with Crippen LogP contribution < -0.4 is 10.0 Å². The number of aryl methyl sites for hydroxylation is 2. The van der Waals surface area contributed by atoms with Crippen LogP contribution in [0.5, 0.6) is 0 Å². The lowest BCUT2D eigenvalue weighted by atomic mass is 10.0. The Hall–Kier alpha value is -2.39. The molecule has 0 spiro atoms. The fourth-order valence-electron chi connectivity index (χ4n) is 1.99. The van der Waals surface area contributed by atoms with E-state index in [0.717, 1.165) is 6.26 Å². The maximum atomic E-state index is 12.2. The first-order valence-corrected chi connectivity index (χ1v) is 8.55. The minimum atomic E-state index is -4.20. The number of anilines is 1. The van der Waals surface area contributed by atoms with Gasteiger partial charge in [-0.15, -0.1) is 0 Å². The fourth-order valence-corrected chi connectivity index (χ4v) is 2.84. The van der Waals surface area contributed by atoms with Crippen molar-refractivity contribution in [2.45, 2.75) is 38.4 Å². The third kappa shape index (κ3) is 3.92. The van der Waals surface area contributed by atoms with E-state index in [0.29, 0.717) is 16.8 Å². The molecule has 0 atom stereocenters. The van der Waals surface area contributed by atoms with Crippen molar-refractivity contribution < 1.29 is 22.7 Å². The predicted molar refractivity (Wildman–Crippen MR) is 87.0 cm³/mol. The summed E-state index contributed by atoms with van der Waals surface area (Å²) < 4.78 is 31.2. The summed E-state index contributed by atoms with van der Waals surface area (Å²) in [6.07, 6.45) is 4.24. The highest BCUT2D eigenvalue weighted by Crippen LogP contribution is 2.24. The van der Waals surface area contributed by atoms with Gasteiger partial charge in [0.05, 0.1) is 17.6 Å². The van der Waals surface area contributed by atoms with E-state index in [1.165, 1.54) is 19.9 Å². The number of hydrogen-bond acceptors (Lipinski definition) is 6. The molecule has 0 saturated heterocycles. The van der Waals surface area contributed by atoms with Crippen molar-refractivity contribution in [2.24, 2.45) is 0 Å². The van der Waals surface area contributed by atoms with Crippen LogP contribution in [-0.4, -0.2) is 24.5 Å². The van der Waals surface area contributed by atoms with Crippen LogP contribution in [0.1, 0.15) is 30.5 Å². The fraction of sp³-hybridized carbons (Fsp3) is 0.333. The highest BCUT2D eigenvalue weighted by molar-refractivity contribution is 7.89. The number of amides is 2. The van der Waals surface area contributed by atoms with Crippen LogP contribution in [0.15, 0.2) is 34.2 Å². The molecule has 0 saturated carbocycles. The normalized spacial score (nSPS) is 12.0. The van der Waals surface area contributed by atoms with Crippen LogP contribution in [0, 0.1) is 13.8 Å². The van der Waals surface area contributed by atoms with Crippen molar-refractivity contribution in [3.8, 4) is 0 Å². The van der Waals surface area contributed by atoms with Gasteiger partial charge in [-0.3, -0.25) is 4.98 Å². The van der Waals surface area contributed by atoms with Gasteiger partial charge in [0.1, 0.15) is 0 Å². The summed E-state index contributed by atoms with van der Waals surface area (Å²) in [4.78, 5) is 16.0. The third-order valence-corrected chi connectivity index (χ3v) is 4.54. The Kier molecular flexibility index (Phi) is 4.68. The summed E-state index contributed by atoms with van der Waals surface area (Å²) in [7, 11) is -4.20. The van der Waals surface area contributed by atoms with Crippen LogP contribution >= 0.6 is 0 Å². The number of pyridine rings is 1. The first-order valence-electron chi connectivity index (χ1n) is 7.07. The smallest absolute Gasteiger partial charge is 0.333 e. The number of nitrogens with zero attached hydrogens (tertiary/aromatic N) is 1. The molecule has 8 nitrogen and oxygen atoms in total. The molecule has 0 bridgehead atoms. The third-order valence-electron chi connectivity index (χ3n) is 3.34. The van der Waals surface area contributed by atoms with Gasteiger partial charge >= 0.3 is 6.03 Å². The average Bonchev–Trinajstić information content (AvgIpc) is 2.93. The Morgan fingerprint density at radius 1 is 1.25 bits per heavy atom. The van der Waals surface area contributed by atoms with Crippen molar-refractivity contribution in [1.82, 2.24) is 9.71 Å². The predicted octanol–water partition coefficient (Wildman–Crippen LogP) is 2.03. The molecule has 0 aliphatic rings.